The van der Waals surface area contributed by atoms with Gasteiger partial charge in [0.25, 0.3) is 0 Å². The largest absolute Gasteiger partial charge is 0.379 e. The third-order valence-electron chi connectivity index (χ3n) is 2.90. The zero-order chi connectivity index (χ0) is 14.7. The molecule has 0 atom stereocenters. The van der Waals surface area contributed by atoms with Gasteiger partial charge in [-0.3, -0.25) is 0 Å². The van der Waals surface area contributed by atoms with Gasteiger partial charge in [0, 0.05) is 19.2 Å². The average molecular weight is 411 g/mol. The van der Waals surface area contributed by atoms with E-state index in [9.17, 15) is 4.39 Å². The first kappa shape index (κ1) is 16.0. The van der Waals surface area contributed by atoms with Crippen molar-refractivity contribution in [2.24, 2.45) is 5.92 Å². The molecule has 0 saturated heterocycles. The van der Waals surface area contributed by atoms with Crippen LogP contribution in [0.25, 0.3) is 11.0 Å². The maximum absolute atomic E-state index is 13.7. The normalized spacial score (nSPS) is 11.7. The number of alkyl halides is 1. The Morgan fingerprint density at radius 3 is 2.85 bits per heavy atom. The van der Waals surface area contributed by atoms with Crippen LogP contribution in [0.15, 0.2) is 12.1 Å². The standard InChI is InChI=1S/C14H17ClFIN2O/c1-9(2)8-20-4-3-19-13-5-10(16)11(17)6-12(13)18-14(19)7-15/h5-6,9H,3-4,7-8H2,1-2H3. The van der Waals surface area contributed by atoms with Crippen molar-refractivity contribution in [3.63, 3.8) is 0 Å². The van der Waals surface area contributed by atoms with Crippen molar-refractivity contribution in [2.45, 2.75) is 26.3 Å². The Morgan fingerprint density at radius 2 is 2.20 bits per heavy atom. The lowest BCUT2D eigenvalue weighted by atomic mass is 10.2. The monoisotopic (exact) mass is 410 g/mol. The highest BCUT2D eigenvalue weighted by Gasteiger charge is 2.12. The van der Waals surface area contributed by atoms with Crippen LogP contribution < -0.4 is 0 Å². The number of nitrogens with zero attached hydrogens (tertiary/aromatic N) is 2. The Kier molecular flexibility index (Phi) is 5.63. The molecule has 0 spiro atoms. The minimum Gasteiger partial charge on any atom is -0.379 e. The molecular formula is C14H17ClFIN2O. The van der Waals surface area contributed by atoms with Gasteiger partial charge in [-0.05, 0) is 34.6 Å². The molecule has 0 fully saturated rings. The molecule has 0 radical (unpaired) electrons. The number of ether oxygens (including phenoxy) is 1. The van der Waals surface area contributed by atoms with Crippen molar-refractivity contribution in [1.29, 1.82) is 0 Å². The van der Waals surface area contributed by atoms with Gasteiger partial charge < -0.3 is 9.30 Å². The molecule has 110 valence electrons. The number of hydrogen-bond donors (Lipinski definition) is 0. The molecule has 0 saturated carbocycles. The third kappa shape index (κ3) is 3.62. The highest BCUT2D eigenvalue weighted by Crippen LogP contribution is 2.22. The fraction of sp³-hybridized carbons (Fsp3) is 0.500. The fourth-order valence-corrected chi connectivity index (χ4v) is 2.65. The Hall–Kier alpha value is -0.400. The number of aromatic nitrogens is 2. The summed E-state index contributed by atoms with van der Waals surface area (Å²) in [5.41, 5.74) is 1.54. The summed E-state index contributed by atoms with van der Waals surface area (Å²) in [5.74, 6) is 1.32. The van der Waals surface area contributed by atoms with E-state index in [1.807, 2.05) is 27.2 Å². The van der Waals surface area contributed by atoms with Crippen molar-refractivity contribution >= 4 is 45.2 Å². The molecule has 6 heteroatoms. The second-order valence-corrected chi connectivity index (χ2v) is 6.47. The van der Waals surface area contributed by atoms with Crippen molar-refractivity contribution in [1.82, 2.24) is 9.55 Å². The molecule has 1 heterocycles. The first-order chi connectivity index (χ1) is 9.52. The van der Waals surface area contributed by atoms with Crippen LogP contribution in [0.2, 0.25) is 0 Å². The van der Waals surface area contributed by atoms with Crippen LogP contribution in [0.1, 0.15) is 19.7 Å². The van der Waals surface area contributed by atoms with Crippen LogP contribution in [0, 0.1) is 15.3 Å². The van der Waals surface area contributed by atoms with Gasteiger partial charge in [0.05, 0.1) is 27.1 Å². The molecule has 20 heavy (non-hydrogen) atoms. The second kappa shape index (κ2) is 7.04. The van der Waals surface area contributed by atoms with Crippen LogP contribution in [0.3, 0.4) is 0 Å². The number of halogens is 3. The van der Waals surface area contributed by atoms with E-state index in [2.05, 4.69) is 18.8 Å². The summed E-state index contributed by atoms with van der Waals surface area (Å²) in [4.78, 5) is 4.45. The molecule has 0 amide bonds. The van der Waals surface area contributed by atoms with E-state index in [0.29, 0.717) is 28.5 Å². The Bertz CT molecular complexity index is 600. The number of hydrogen-bond acceptors (Lipinski definition) is 2. The molecule has 0 unspecified atom stereocenters. The summed E-state index contributed by atoms with van der Waals surface area (Å²) >= 11 is 7.89. The SMILES string of the molecule is CC(C)COCCn1c(CCl)nc2cc(I)c(F)cc21. The van der Waals surface area contributed by atoms with Gasteiger partial charge >= 0.3 is 0 Å². The molecular weight excluding hydrogens is 394 g/mol. The van der Waals surface area contributed by atoms with Crippen molar-refractivity contribution in [3.05, 3.63) is 27.3 Å². The zero-order valence-corrected chi connectivity index (χ0v) is 14.4. The van der Waals surface area contributed by atoms with E-state index in [1.165, 1.54) is 6.07 Å². The highest BCUT2D eigenvalue weighted by atomic mass is 127. The molecule has 0 N–H and O–H groups in total. The highest BCUT2D eigenvalue weighted by molar-refractivity contribution is 14.1. The van der Waals surface area contributed by atoms with Crippen LogP contribution >= 0.6 is 34.2 Å². The first-order valence-electron chi connectivity index (χ1n) is 6.50. The zero-order valence-electron chi connectivity index (χ0n) is 11.5. The number of fused-ring (bicyclic) bond motifs is 1. The summed E-state index contributed by atoms with van der Waals surface area (Å²) in [6, 6.07) is 3.26. The quantitative estimate of drug-likeness (QED) is 0.406. The topological polar surface area (TPSA) is 27.1 Å². The molecule has 2 rings (SSSR count). The van der Waals surface area contributed by atoms with E-state index in [4.69, 9.17) is 16.3 Å². The average Bonchev–Trinajstić information content (AvgIpc) is 2.72. The van der Waals surface area contributed by atoms with Crippen molar-refractivity contribution in [3.8, 4) is 0 Å². The molecule has 1 aromatic heterocycles. The van der Waals surface area contributed by atoms with Gasteiger partial charge in [-0.15, -0.1) is 11.6 Å². The molecule has 0 bridgehead atoms. The summed E-state index contributed by atoms with van der Waals surface area (Å²) in [6.45, 7) is 6.13. The summed E-state index contributed by atoms with van der Waals surface area (Å²) < 4.78 is 21.8. The summed E-state index contributed by atoms with van der Waals surface area (Å²) in [5, 5.41) is 0. The maximum atomic E-state index is 13.7. The maximum Gasteiger partial charge on any atom is 0.138 e. The minimum atomic E-state index is -0.233. The van der Waals surface area contributed by atoms with Crippen LogP contribution in [0.4, 0.5) is 4.39 Å². The van der Waals surface area contributed by atoms with Gasteiger partial charge in [0.2, 0.25) is 0 Å². The van der Waals surface area contributed by atoms with Gasteiger partial charge in [0.15, 0.2) is 0 Å². The number of benzene rings is 1. The van der Waals surface area contributed by atoms with E-state index in [-0.39, 0.29) is 5.82 Å². The predicted molar refractivity (Wildman–Crippen MR) is 87.6 cm³/mol. The lowest BCUT2D eigenvalue weighted by Gasteiger charge is -2.10. The molecule has 1 aromatic carbocycles. The van der Waals surface area contributed by atoms with Gasteiger partial charge in [-0.2, -0.15) is 0 Å². The Labute approximate surface area is 136 Å². The number of imidazole rings is 1. The fourth-order valence-electron chi connectivity index (χ4n) is 2.00. The Balaban J connectivity index is 2.23. The summed E-state index contributed by atoms with van der Waals surface area (Å²) in [6.07, 6.45) is 0. The number of rotatable bonds is 6. The van der Waals surface area contributed by atoms with Gasteiger partial charge in [-0.1, -0.05) is 13.8 Å². The Morgan fingerprint density at radius 1 is 1.45 bits per heavy atom. The van der Waals surface area contributed by atoms with Crippen LogP contribution in [-0.2, 0) is 17.2 Å². The molecule has 2 aromatic rings. The second-order valence-electron chi connectivity index (χ2n) is 5.04. The van der Waals surface area contributed by atoms with E-state index in [0.717, 1.165) is 23.5 Å². The molecule has 0 aliphatic rings. The molecule has 0 aliphatic carbocycles. The molecule has 0 aliphatic heterocycles. The van der Waals surface area contributed by atoms with E-state index >= 15 is 0 Å². The first-order valence-corrected chi connectivity index (χ1v) is 8.12. The lowest BCUT2D eigenvalue weighted by Crippen LogP contribution is -2.11. The smallest absolute Gasteiger partial charge is 0.138 e. The van der Waals surface area contributed by atoms with Crippen molar-refractivity contribution < 1.29 is 9.13 Å². The van der Waals surface area contributed by atoms with Gasteiger partial charge in [0.1, 0.15) is 11.6 Å². The van der Waals surface area contributed by atoms with E-state index in [1.54, 1.807) is 6.07 Å². The lowest BCUT2D eigenvalue weighted by molar-refractivity contribution is 0.103. The minimum absolute atomic E-state index is 0.233. The van der Waals surface area contributed by atoms with Gasteiger partial charge in [-0.25, -0.2) is 9.37 Å². The van der Waals surface area contributed by atoms with Crippen molar-refractivity contribution in [2.75, 3.05) is 13.2 Å². The predicted octanol–water partition coefficient (Wildman–Crippen LogP) is 4.19. The third-order valence-corrected chi connectivity index (χ3v) is 3.97. The molecule has 3 nitrogen and oxygen atoms in total. The van der Waals surface area contributed by atoms with E-state index < -0.39 is 0 Å². The van der Waals surface area contributed by atoms with Crippen LogP contribution in [0.5, 0.6) is 0 Å². The van der Waals surface area contributed by atoms with Crippen LogP contribution in [-0.4, -0.2) is 22.8 Å². The summed E-state index contributed by atoms with van der Waals surface area (Å²) in [7, 11) is 0.